The van der Waals surface area contributed by atoms with Crippen molar-refractivity contribution in [1.29, 1.82) is 0 Å². The summed E-state index contributed by atoms with van der Waals surface area (Å²) in [7, 11) is 0. The molecule has 0 aliphatic carbocycles. The molecule has 188 valence electrons. The molecule has 2 aliphatic heterocycles. The number of amides is 3. The summed E-state index contributed by atoms with van der Waals surface area (Å²) in [5, 5.41) is 4.62. The highest BCUT2D eigenvalue weighted by Crippen LogP contribution is 2.39. The minimum atomic E-state index is -4.60. The first-order valence-corrected chi connectivity index (χ1v) is 11.1. The Labute approximate surface area is 202 Å². The molecule has 3 amide bonds. The molecule has 5 heterocycles. The lowest BCUT2D eigenvalue weighted by Crippen LogP contribution is -2.49. The van der Waals surface area contributed by atoms with Crippen LogP contribution in [0.5, 0.6) is 0 Å². The second-order valence-electron chi connectivity index (χ2n) is 8.50. The van der Waals surface area contributed by atoms with Gasteiger partial charge in [-0.25, -0.2) is 24.7 Å². The van der Waals surface area contributed by atoms with E-state index in [2.05, 4.69) is 25.3 Å². The summed E-state index contributed by atoms with van der Waals surface area (Å²) < 4.78 is 44.2. The van der Waals surface area contributed by atoms with Crippen LogP contribution < -0.4 is 20.4 Å². The van der Waals surface area contributed by atoms with Crippen LogP contribution in [0.3, 0.4) is 0 Å². The monoisotopic (exact) mass is 502 g/mol. The molecule has 36 heavy (non-hydrogen) atoms. The van der Waals surface area contributed by atoms with Gasteiger partial charge >= 0.3 is 12.2 Å². The van der Waals surface area contributed by atoms with Crippen molar-refractivity contribution < 1.29 is 27.2 Å². The Morgan fingerprint density at radius 2 is 2.03 bits per heavy atom. The van der Waals surface area contributed by atoms with Crippen LogP contribution in [0.25, 0.3) is 11.5 Å². The van der Waals surface area contributed by atoms with Crippen molar-refractivity contribution in [3.63, 3.8) is 0 Å². The fourth-order valence-electron chi connectivity index (χ4n) is 4.16. The smallest absolute Gasteiger partial charge is 0.408 e. The molecule has 14 heteroatoms. The molecule has 5 rings (SSSR count). The third-order valence-electron chi connectivity index (χ3n) is 6.02. The van der Waals surface area contributed by atoms with E-state index >= 15 is 0 Å². The van der Waals surface area contributed by atoms with E-state index in [0.717, 1.165) is 6.92 Å². The molecule has 3 aromatic heterocycles. The molecule has 1 saturated heterocycles. The number of fused-ring (bicyclic) bond motifs is 4. The molecule has 0 spiro atoms. The highest BCUT2D eigenvalue weighted by atomic mass is 19.4. The van der Waals surface area contributed by atoms with Crippen LogP contribution in [0, 0.1) is 6.92 Å². The highest BCUT2D eigenvalue weighted by Gasteiger charge is 2.41. The Morgan fingerprint density at radius 3 is 2.75 bits per heavy atom. The van der Waals surface area contributed by atoms with Crippen LogP contribution in [-0.4, -0.2) is 63.2 Å². The number of anilines is 3. The normalized spacial score (nSPS) is 17.5. The van der Waals surface area contributed by atoms with Crippen LogP contribution in [-0.2, 0) is 0 Å². The van der Waals surface area contributed by atoms with Crippen LogP contribution >= 0.6 is 0 Å². The third-order valence-corrected chi connectivity index (χ3v) is 6.02. The maximum absolute atomic E-state index is 13.4. The van der Waals surface area contributed by atoms with Gasteiger partial charge in [0.05, 0.1) is 17.9 Å². The lowest BCUT2D eigenvalue weighted by Gasteiger charge is -2.35. The van der Waals surface area contributed by atoms with Gasteiger partial charge in [-0.3, -0.25) is 15.0 Å². The quantitative estimate of drug-likeness (QED) is 0.557. The molecule has 2 N–H and O–H groups in total. The number of aromatic nitrogens is 4. The van der Waals surface area contributed by atoms with E-state index in [0.29, 0.717) is 42.5 Å². The van der Waals surface area contributed by atoms with Gasteiger partial charge < -0.3 is 14.6 Å². The van der Waals surface area contributed by atoms with Gasteiger partial charge in [-0.1, -0.05) is 0 Å². The van der Waals surface area contributed by atoms with Gasteiger partial charge in [0.25, 0.3) is 5.91 Å². The van der Waals surface area contributed by atoms with Crippen LogP contribution in [0.15, 0.2) is 35.1 Å². The molecular formula is C22H21F3N8O3. The van der Waals surface area contributed by atoms with Gasteiger partial charge in [-0.15, -0.1) is 0 Å². The molecule has 0 saturated carbocycles. The van der Waals surface area contributed by atoms with Crippen molar-refractivity contribution >= 4 is 29.3 Å². The fourth-order valence-corrected chi connectivity index (χ4v) is 4.16. The van der Waals surface area contributed by atoms with E-state index in [1.165, 1.54) is 29.6 Å². The molecule has 0 aromatic carbocycles. The van der Waals surface area contributed by atoms with Gasteiger partial charge in [-0.2, -0.15) is 13.2 Å². The van der Waals surface area contributed by atoms with E-state index in [-0.39, 0.29) is 23.4 Å². The zero-order chi connectivity index (χ0) is 25.6. The topological polar surface area (TPSA) is 129 Å². The predicted octanol–water partition coefficient (Wildman–Crippen LogP) is 3.15. The number of carbonyl (C=O) groups is 2. The maximum Gasteiger partial charge on any atom is 0.408 e. The minimum Gasteiger partial charge on any atom is -0.439 e. The molecular weight excluding hydrogens is 481 g/mol. The van der Waals surface area contributed by atoms with Crippen LogP contribution in [0.1, 0.15) is 29.7 Å². The van der Waals surface area contributed by atoms with Crippen molar-refractivity contribution in [2.75, 3.05) is 28.2 Å². The molecule has 11 nitrogen and oxygen atoms in total. The largest absolute Gasteiger partial charge is 0.439 e. The maximum atomic E-state index is 13.4. The number of alkyl halides is 3. The number of urea groups is 1. The van der Waals surface area contributed by atoms with Crippen molar-refractivity contribution in [2.45, 2.75) is 38.5 Å². The first kappa shape index (κ1) is 23.5. The molecule has 1 unspecified atom stereocenters. The van der Waals surface area contributed by atoms with Gasteiger partial charge in [-0.05, 0) is 25.5 Å². The lowest BCUT2D eigenvalue weighted by molar-refractivity contribution is -0.149. The number of carbonyl (C=O) groups excluding carboxylic acids is 2. The summed E-state index contributed by atoms with van der Waals surface area (Å²) in [6, 6.07) is 1.63. The second-order valence-corrected chi connectivity index (χ2v) is 8.50. The summed E-state index contributed by atoms with van der Waals surface area (Å²) in [5.41, 5.74) is 0.804. The standard InChI is InChI=1S/C22H21F3N8O3/c1-11(22(23,24)25)29-20(34)14-3-4-16-19(30-14)33(13-5-6-32(16)9-13)21(35)31-18-7-15(27-10-28-18)17-8-26-12(2)36-17/h3-4,7-8,10-11,13H,5-6,9H2,1-2H3,(H,29,34)(H,27,28,31,35)/t11?,13-/m0/s1. The zero-order valence-corrected chi connectivity index (χ0v) is 19.2. The van der Waals surface area contributed by atoms with Crippen LogP contribution in [0.4, 0.5) is 35.3 Å². The molecule has 0 radical (unpaired) electrons. The third kappa shape index (κ3) is 4.41. The lowest BCUT2D eigenvalue weighted by atomic mass is 10.1. The van der Waals surface area contributed by atoms with Crippen molar-refractivity contribution in [3.8, 4) is 11.5 Å². The van der Waals surface area contributed by atoms with Gasteiger partial charge in [0.1, 0.15) is 29.6 Å². The summed E-state index contributed by atoms with van der Waals surface area (Å²) in [5.74, 6) is 0.271. The molecule has 2 bridgehead atoms. The van der Waals surface area contributed by atoms with Gasteiger partial charge in [0.15, 0.2) is 17.5 Å². The van der Waals surface area contributed by atoms with E-state index < -0.39 is 24.2 Å². The molecule has 1 fully saturated rings. The Morgan fingerprint density at radius 1 is 1.22 bits per heavy atom. The number of halogens is 3. The number of hydrogen-bond acceptors (Lipinski definition) is 8. The summed E-state index contributed by atoms with van der Waals surface area (Å²) >= 11 is 0. The summed E-state index contributed by atoms with van der Waals surface area (Å²) in [6.07, 6.45) is -1.16. The number of aryl methyl sites for hydroxylation is 1. The minimum absolute atomic E-state index is 0.189. The average molecular weight is 502 g/mol. The van der Waals surface area contributed by atoms with E-state index in [4.69, 9.17) is 4.42 Å². The fraction of sp³-hybridized carbons (Fsp3) is 0.364. The SMILES string of the molecule is Cc1ncc(-c2cc(NC(=O)N3c4nc(C(=O)NC(C)C(F)(F)F)ccc4N4CC[C@H]3C4)ncn2)o1. The van der Waals surface area contributed by atoms with Gasteiger partial charge in [0.2, 0.25) is 0 Å². The number of pyridine rings is 1. The highest BCUT2D eigenvalue weighted by molar-refractivity contribution is 6.05. The first-order chi connectivity index (χ1) is 17.1. The Hall–Kier alpha value is -4.23. The summed E-state index contributed by atoms with van der Waals surface area (Å²) in [6.45, 7) is 3.77. The zero-order valence-electron chi connectivity index (χ0n) is 19.2. The van der Waals surface area contributed by atoms with Crippen molar-refractivity contribution in [2.24, 2.45) is 0 Å². The predicted molar refractivity (Wildman–Crippen MR) is 122 cm³/mol. The van der Waals surface area contributed by atoms with Crippen LogP contribution in [0.2, 0.25) is 0 Å². The van der Waals surface area contributed by atoms with E-state index in [1.807, 2.05) is 10.2 Å². The Bertz CT molecular complexity index is 1330. The number of rotatable bonds is 4. The molecule has 3 aromatic rings. The summed E-state index contributed by atoms with van der Waals surface area (Å²) in [4.78, 5) is 45.8. The second kappa shape index (κ2) is 8.77. The van der Waals surface area contributed by atoms with Gasteiger partial charge in [0, 0.05) is 26.1 Å². The van der Waals surface area contributed by atoms with E-state index in [1.54, 1.807) is 13.0 Å². The Balaban J connectivity index is 1.41. The van der Waals surface area contributed by atoms with Crippen molar-refractivity contribution in [1.82, 2.24) is 25.3 Å². The number of nitrogens with zero attached hydrogens (tertiary/aromatic N) is 6. The molecule has 2 aliphatic rings. The van der Waals surface area contributed by atoms with Crippen molar-refractivity contribution in [3.05, 3.63) is 42.3 Å². The number of oxazole rings is 1. The molecule has 2 atom stereocenters. The number of nitrogens with one attached hydrogen (secondary N) is 2. The number of hydrogen-bond donors (Lipinski definition) is 2. The average Bonchev–Trinajstić information content (AvgIpc) is 3.45. The Kier molecular flexibility index (Phi) is 5.73. The first-order valence-electron chi connectivity index (χ1n) is 11.1. The van der Waals surface area contributed by atoms with E-state index in [9.17, 15) is 22.8 Å².